The van der Waals surface area contributed by atoms with E-state index < -0.39 is 23.8 Å². The minimum Gasteiger partial charge on any atom is -0.336 e. The summed E-state index contributed by atoms with van der Waals surface area (Å²) in [4.78, 5) is 31.4. The maximum atomic E-state index is 13.0. The third-order valence-corrected chi connectivity index (χ3v) is 6.55. The van der Waals surface area contributed by atoms with Crippen molar-refractivity contribution in [2.24, 2.45) is 0 Å². The fraction of sp³-hybridized carbons (Fsp3) is 0.440. The molecule has 0 saturated carbocycles. The van der Waals surface area contributed by atoms with Gasteiger partial charge in [-0.25, -0.2) is 9.59 Å². The van der Waals surface area contributed by atoms with Crippen LogP contribution in [-0.2, 0) is 6.18 Å². The zero-order valence-corrected chi connectivity index (χ0v) is 22.2. The minimum atomic E-state index is -4.44. The minimum absolute atomic E-state index is 0.206. The maximum absolute atomic E-state index is 13.0. The number of alkyl halides is 3. The molecule has 37 heavy (non-hydrogen) atoms. The summed E-state index contributed by atoms with van der Waals surface area (Å²) in [5, 5.41) is 8.13. The van der Waals surface area contributed by atoms with Gasteiger partial charge in [-0.15, -0.1) is 0 Å². The molecule has 3 rings (SSSR count). The Morgan fingerprint density at radius 1 is 0.919 bits per heavy atom. The predicted molar refractivity (Wildman–Crippen MR) is 142 cm³/mol. The second-order valence-corrected chi connectivity index (χ2v) is 9.79. The summed E-state index contributed by atoms with van der Waals surface area (Å²) in [7, 11) is 2.09. The molecule has 1 aliphatic rings. The van der Waals surface area contributed by atoms with Crippen LogP contribution in [0, 0.1) is 0 Å². The van der Waals surface area contributed by atoms with Gasteiger partial charge in [-0.3, -0.25) is 0 Å². The van der Waals surface area contributed by atoms with Gasteiger partial charge in [0, 0.05) is 61.7 Å². The van der Waals surface area contributed by atoms with Crippen LogP contribution in [0.1, 0.15) is 12.0 Å². The van der Waals surface area contributed by atoms with Crippen LogP contribution >= 0.6 is 15.9 Å². The Kier molecular flexibility index (Phi) is 10.6. The van der Waals surface area contributed by atoms with Crippen molar-refractivity contribution in [2.45, 2.75) is 12.6 Å². The number of hydrogen-bond donors (Lipinski definition) is 3. The lowest BCUT2D eigenvalue weighted by Gasteiger charge is -2.33. The van der Waals surface area contributed by atoms with E-state index in [-0.39, 0.29) is 18.8 Å². The van der Waals surface area contributed by atoms with E-state index in [0.29, 0.717) is 12.2 Å². The first-order valence-electron chi connectivity index (χ1n) is 12.0. The van der Waals surface area contributed by atoms with Crippen molar-refractivity contribution in [3.05, 3.63) is 58.6 Å². The van der Waals surface area contributed by atoms with Crippen molar-refractivity contribution in [1.82, 2.24) is 20.0 Å². The molecule has 0 bridgehead atoms. The first-order valence-corrected chi connectivity index (χ1v) is 12.8. The number of nitrogens with one attached hydrogen (secondary N) is 3. The lowest BCUT2D eigenvalue weighted by Crippen LogP contribution is -2.46. The standard InChI is InChI=1S/C25H32BrF3N6O2/c1-33-15-17-34(18-16-33)12-2-13-35(14-11-30-23(36)31-21-9-5-20(26)6-10-21)24(37)32-22-7-3-19(4-8-22)25(27,28)29/h3-10H,2,11-18H2,1H3,(H,32,37)(H2,30,31,36). The summed E-state index contributed by atoms with van der Waals surface area (Å²) in [6.45, 7) is 5.63. The molecular weight excluding hydrogens is 553 g/mol. The van der Waals surface area contributed by atoms with Crippen LogP contribution in [0.25, 0.3) is 0 Å². The molecule has 2 aromatic rings. The number of urea groups is 2. The molecule has 4 amide bonds. The molecule has 2 aromatic carbocycles. The van der Waals surface area contributed by atoms with Crippen molar-refractivity contribution in [1.29, 1.82) is 0 Å². The summed E-state index contributed by atoms with van der Waals surface area (Å²) in [6.07, 6.45) is -3.71. The Bertz CT molecular complexity index is 1010. The van der Waals surface area contributed by atoms with Gasteiger partial charge < -0.3 is 30.7 Å². The van der Waals surface area contributed by atoms with Crippen molar-refractivity contribution in [2.75, 3.05) is 70.0 Å². The van der Waals surface area contributed by atoms with E-state index in [1.807, 2.05) is 12.1 Å². The summed E-state index contributed by atoms with van der Waals surface area (Å²) in [5.74, 6) is 0. The number of benzene rings is 2. The second kappa shape index (κ2) is 13.6. The van der Waals surface area contributed by atoms with Crippen LogP contribution in [0.15, 0.2) is 53.0 Å². The highest BCUT2D eigenvalue weighted by atomic mass is 79.9. The van der Waals surface area contributed by atoms with Gasteiger partial charge >= 0.3 is 18.2 Å². The first-order chi connectivity index (χ1) is 17.6. The third kappa shape index (κ3) is 9.86. The molecule has 202 valence electrons. The summed E-state index contributed by atoms with van der Waals surface area (Å²) in [6, 6.07) is 10.6. The van der Waals surface area contributed by atoms with Crippen LogP contribution in [0.3, 0.4) is 0 Å². The van der Waals surface area contributed by atoms with Gasteiger partial charge in [-0.1, -0.05) is 15.9 Å². The van der Waals surface area contributed by atoms with Gasteiger partial charge in [0.2, 0.25) is 0 Å². The van der Waals surface area contributed by atoms with Gasteiger partial charge in [-0.2, -0.15) is 13.2 Å². The Hall–Kier alpha value is -2.83. The number of rotatable bonds is 9. The number of hydrogen-bond acceptors (Lipinski definition) is 4. The van der Waals surface area contributed by atoms with E-state index in [1.165, 1.54) is 12.1 Å². The molecule has 0 aromatic heterocycles. The molecule has 3 N–H and O–H groups in total. The number of anilines is 2. The second-order valence-electron chi connectivity index (χ2n) is 8.88. The number of carbonyl (C=O) groups is 2. The van der Waals surface area contributed by atoms with Gasteiger partial charge in [0.15, 0.2) is 0 Å². The number of piperazine rings is 1. The first kappa shape index (κ1) is 28.7. The van der Waals surface area contributed by atoms with Gasteiger partial charge in [0.05, 0.1) is 5.56 Å². The zero-order chi connectivity index (χ0) is 26.8. The van der Waals surface area contributed by atoms with Crippen molar-refractivity contribution in [3.63, 3.8) is 0 Å². The van der Waals surface area contributed by atoms with Gasteiger partial charge in [0.25, 0.3) is 0 Å². The molecule has 8 nitrogen and oxygen atoms in total. The van der Waals surface area contributed by atoms with Crippen LogP contribution in [0.4, 0.5) is 34.1 Å². The molecule has 1 heterocycles. The molecule has 12 heteroatoms. The molecule has 1 fully saturated rings. The Balaban J connectivity index is 1.53. The highest BCUT2D eigenvalue weighted by molar-refractivity contribution is 9.10. The Morgan fingerprint density at radius 2 is 1.51 bits per heavy atom. The molecule has 0 spiro atoms. The third-order valence-electron chi connectivity index (χ3n) is 6.02. The number of likely N-dealkylation sites (N-methyl/N-ethyl adjacent to an activating group) is 1. The fourth-order valence-corrected chi connectivity index (χ4v) is 4.09. The van der Waals surface area contributed by atoms with E-state index in [4.69, 9.17) is 0 Å². The Morgan fingerprint density at radius 3 is 2.14 bits per heavy atom. The van der Waals surface area contributed by atoms with E-state index in [2.05, 4.69) is 48.7 Å². The topological polar surface area (TPSA) is 80.0 Å². The number of carbonyl (C=O) groups excluding carboxylic acids is 2. The summed E-state index contributed by atoms with van der Waals surface area (Å²) in [5.41, 5.74) is 0.114. The van der Waals surface area contributed by atoms with E-state index in [1.54, 1.807) is 17.0 Å². The molecular formula is C25H32BrF3N6O2. The van der Waals surface area contributed by atoms with E-state index >= 15 is 0 Å². The van der Waals surface area contributed by atoms with Gasteiger partial charge in [0.1, 0.15) is 0 Å². The smallest absolute Gasteiger partial charge is 0.336 e. The fourth-order valence-electron chi connectivity index (χ4n) is 3.83. The number of halogens is 4. The lowest BCUT2D eigenvalue weighted by atomic mass is 10.2. The number of amides is 4. The summed E-state index contributed by atoms with van der Waals surface area (Å²) >= 11 is 3.34. The zero-order valence-electron chi connectivity index (χ0n) is 20.7. The monoisotopic (exact) mass is 584 g/mol. The van der Waals surface area contributed by atoms with Gasteiger partial charge in [-0.05, 0) is 68.5 Å². The predicted octanol–water partition coefficient (Wildman–Crippen LogP) is 4.76. The van der Waals surface area contributed by atoms with Crippen molar-refractivity contribution >= 4 is 39.4 Å². The average molecular weight is 585 g/mol. The van der Waals surface area contributed by atoms with Crippen LogP contribution in [0.2, 0.25) is 0 Å². The highest BCUT2D eigenvalue weighted by Gasteiger charge is 2.30. The molecule has 1 aliphatic heterocycles. The Labute approximate surface area is 223 Å². The maximum Gasteiger partial charge on any atom is 0.416 e. The quantitative estimate of drug-likeness (QED) is 0.397. The van der Waals surface area contributed by atoms with E-state index in [0.717, 1.165) is 55.8 Å². The molecule has 0 unspecified atom stereocenters. The lowest BCUT2D eigenvalue weighted by molar-refractivity contribution is -0.137. The van der Waals surface area contributed by atoms with Crippen molar-refractivity contribution < 1.29 is 22.8 Å². The molecule has 0 radical (unpaired) electrons. The number of nitrogens with zero attached hydrogens (tertiary/aromatic N) is 3. The van der Waals surface area contributed by atoms with Crippen LogP contribution < -0.4 is 16.0 Å². The molecule has 0 aliphatic carbocycles. The SMILES string of the molecule is CN1CCN(CCCN(CCNC(=O)Nc2ccc(Br)cc2)C(=O)Nc2ccc(C(F)(F)F)cc2)CC1. The summed E-state index contributed by atoms with van der Waals surface area (Å²) < 4.78 is 39.4. The normalized spacial score (nSPS) is 14.7. The largest absolute Gasteiger partial charge is 0.416 e. The average Bonchev–Trinajstić information content (AvgIpc) is 2.85. The van der Waals surface area contributed by atoms with E-state index in [9.17, 15) is 22.8 Å². The highest BCUT2D eigenvalue weighted by Crippen LogP contribution is 2.29. The molecule has 1 saturated heterocycles. The van der Waals surface area contributed by atoms with Crippen LogP contribution in [0.5, 0.6) is 0 Å². The van der Waals surface area contributed by atoms with Crippen LogP contribution in [-0.4, -0.2) is 86.2 Å². The van der Waals surface area contributed by atoms with Crippen molar-refractivity contribution in [3.8, 4) is 0 Å². The molecule has 0 atom stereocenters.